The van der Waals surface area contributed by atoms with E-state index in [9.17, 15) is 24.2 Å². The molecule has 1 saturated carbocycles. The van der Waals surface area contributed by atoms with Gasteiger partial charge in [0.15, 0.2) is 11.6 Å². The smallest absolute Gasteiger partial charge is 0.407 e. The first kappa shape index (κ1) is 23.9. The van der Waals surface area contributed by atoms with Gasteiger partial charge >= 0.3 is 6.09 Å². The number of fused-ring (bicyclic) bond motifs is 1. The molecule has 3 aromatic rings. The molecule has 4 N–H and O–H groups in total. The molecule has 2 unspecified atom stereocenters. The van der Waals surface area contributed by atoms with Gasteiger partial charge in [0.05, 0.1) is 43.5 Å². The van der Waals surface area contributed by atoms with Gasteiger partial charge in [-0.1, -0.05) is 0 Å². The van der Waals surface area contributed by atoms with Gasteiger partial charge in [-0.2, -0.15) is 0 Å². The van der Waals surface area contributed by atoms with Crippen molar-refractivity contribution in [1.29, 1.82) is 0 Å². The fourth-order valence-electron chi connectivity index (χ4n) is 4.55. The number of rotatable bonds is 7. The molecule has 0 radical (unpaired) electrons. The normalized spacial score (nSPS) is 19.5. The summed E-state index contributed by atoms with van der Waals surface area (Å²) in [5.74, 6) is -0.124. The van der Waals surface area contributed by atoms with Crippen LogP contribution in [0.2, 0.25) is 0 Å². The van der Waals surface area contributed by atoms with E-state index >= 15 is 0 Å². The summed E-state index contributed by atoms with van der Waals surface area (Å²) >= 11 is 0. The van der Waals surface area contributed by atoms with Gasteiger partial charge in [0.25, 0.3) is 5.91 Å². The Kier molecular flexibility index (Phi) is 6.17. The van der Waals surface area contributed by atoms with Crippen LogP contribution in [-0.4, -0.2) is 76.0 Å². The molecule has 10 nitrogen and oxygen atoms in total. The Labute approximate surface area is 206 Å². The quantitative estimate of drug-likeness (QED) is 0.393. The van der Waals surface area contributed by atoms with Crippen molar-refractivity contribution in [2.24, 2.45) is 5.92 Å². The number of nitrogens with zero attached hydrogens (tertiary/aromatic N) is 2. The highest BCUT2D eigenvalue weighted by atomic mass is 19.1. The fourth-order valence-corrected chi connectivity index (χ4v) is 4.55. The number of amides is 2. The van der Waals surface area contributed by atoms with Crippen molar-refractivity contribution in [3.8, 4) is 22.6 Å². The molecule has 1 saturated heterocycles. The number of hydrogen-bond donors (Lipinski definition) is 4. The number of aromatic amines is 1. The van der Waals surface area contributed by atoms with Crippen molar-refractivity contribution < 1.29 is 33.7 Å². The van der Waals surface area contributed by atoms with Gasteiger partial charge in [0, 0.05) is 35.6 Å². The lowest BCUT2D eigenvalue weighted by Gasteiger charge is -2.16. The van der Waals surface area contributed by atoms with Crippen molar-refractivity contribution in [1.82, 2.24) is 20.2 Å². The number of carbonyl (C=O) groups excluding carboxylic acids is 1. The van der Waals surface area contributed by atoms with Crippen LogP contribution in [0.25, 0.3) is 22.2 Å². The molecule has 5 rings (SSSR count). The van der Waals surface area contributed by atoms with E-state index in [-0.39, 0.29) is 24.4 Å². The van der Waals surface area contributed by atoms with Crippen LogP contribution in [-0.2, 0) is 0 Å². The molecule has 1 aliphatic heterocycles. The van der Waals surface area contributed by atoms with Crippen molar-refractivity contribution >= 4 is 23.0 Å². The predicted octanol–water partition coefficient (Wildman–Crippen LogP) is 2.93. The lowest BCUT2D eigenvalue weighted by Crippen LogP contribution is -2.43. The number of aliphatic hydroxyl groups is 1. The van der Waals surface area contributed by atoms with Crippen molar-refractivity contribution in [3.05, 3.63) is 41.5 Å². The lowest BCUT2D eigenvalue weighted by molar-refractivity contribution is 0.0889. The minimum absolute atomic E-state index is 0.0145. The molecule has 2 aliphatic rings. The number of ether oxygens (including phenoxy) is 2. The second kappa shape index (κ2) is 9.30. The highest BCUT2D eigenvalue weighted by Gasteiger charge is 2.36. The number of carbonyl (C=O) groups is 2. The monoisotopic (exact) mass is 498 g/mol. The number of H-pyrrole nitrogens is 1. The minimum Gasteiger partial charge on any atom is -0.494 e. The molecule has 3 heterocycles. The second-order valence-electron chi connectivity index (χ2n) is 9.28. The molecule has 36 heavy (non-hydrogen) atoms. The highest BCUT2D eigenvalue weighted by Crippen LogP contribution is 2.40. The number of aliphatic hydroxyl groups excluding tert-OH is 1. The maximum atomic E-state index is 14.5. The summed E-state index contributed by atoms with van der Waals surface area (Å²) < 4.78 is 25.7. The molecule has 2 atom stereocenters. The van der Waals surface area contributed by atoms with Gasteiger partial charge in [-0.25, -0.2) is 9.18 Å². The molecular formula is C25H27FN4O6. The molecule has 2 amide bonds. The van der Waals surface area contributed by atoms with Crippen molar-refractivity contribution in [2.75, 3.05) is 26.8 Å². The maximum absolute atomic E-state index is 14.5. The van der Waals surface area contributed by atoms with E-state index < -0.39 is 30.0 Å². The SMILES string of the molecule is COc1cc(-c2ccnc3c(C(=O)NC4CN(C(=O)O)CC4O)c(C)[nH]c23)c(OCC2CC2)cc1F. The van der Waals surface area contributed by atoms with Gasteiger partial charge in [0.1, 0.15) is 11.3 Å². The van der Waals surface area contributed by atoms with E-state index in [1.54, 1.807) is 25.3 Å². The van der Waals surface area contributed by atoms with Gasteiger partial charge in [-0.15, -0.1) is 0 Å². The van der Waals surface area contributed by atoms with Gasteiger partial charge in [0.2, 0.25) is 0 Å². The first-order chi connectivity index (χ1) is 17.3. The van der Waals surface area contributed by atoms with Gasteiger partial charge in [-0.3, -0.25) is 9.78 Å². The first-order valence-corrected chi connectivity index (χ1v) is 11.7. The second-order valence-corrected chi connectivity index (χ2v) is 9.28. The van der Waals surface area contributed by atoms with Crippen LogP contribution in [0.4, 0.5) is 9.18 Å². The Hall–Kier alpha value is -3.86. The van der Waals surface area contributed by atoms with E-state index in [0.29, 0.717) is 46.1 Å². The Morgan fingerprint density at radius 1 is 1.25 bits per heavy atom. The van der Waals surface area contributed by atoms with E-state index in [0.717, 1.165) is 17.7 Å². The van der Waals surface area contributed by atoms with E-state index in [4.69, 9.17) is 9.47 Å². The number of carboxylic acid groups (broad SMARTS) is 1. The summed E-state index contributed by atoms with van der Waals surface area (Å²) in [5, 5.41) is 22.1. The molecule has 190 valence electrons. The number of β-amino-alcohol motifs (C(OH)–C–C–N with tert-alkyl or cyclic N) is 1. The zero-order valence-electron chi connectivity index (χ0n) is 19.9. The molecule has 2 aromatic heterocycles. The number of benzene rings is 1. The number of pyridine rings is 1. The molecule has 0 bridgehead atoms. The zero-order chi connectivity index (χ0) is 25.6. The van der Waals surface area contributed by atoms with E-state index in [1.165, 1.54) is 13.2 Å². The third-order valence-electron chi connectivity index (χ3n) is 6.69. The third-order valence-corrected chi connectivity index (χ3v) is 6.69. The number of halogens is 1. The summed E-state index contributed by atoms with van der Waals surface area (Å²) in [6, 6.07) is 3.88. The topological polar surface area (TPSA) is 137 Å². The molecule has 0 spiro atoms. The number of aryl methyl sites for hydroxylation is 1. The summed E-state index contributed by atoms with van der Waals surface area (Å²) in [6.45, 7) is 2.12. The first-order valence-electron chi connectivity index (χ1n) is 11.7. The van der Waals surface area contributed by atoms with Crippen LogP contribution in [0.3, 0.4) is 0 Å². The molecular weight excluding hydrogens is 471 g/mol. The van der Waals surface area contributed by atoms with Crippen molar-refractivity contribution in [3.63, 3.8) is 0 Å². The highest BCUT2D eigenvalue weighted by molar-refractivity contribution is 6.10. The van der Waals surface area contributed by atoms with Gasteiger partial charge < -0.3 is 34.9 Å². The number of nitrogens with one attached hydrogen (secondary N) is 2. The Morgan fingerprint density at radius 3 is 2.69 bits per heavy atom. The maximum Gasteiger partial charge on any atom is 0.407 e. The fraction of sp³-hybridized carbons (Fsp3) is 0.400. The van der Waals surface area contributed by atoms with Gasteiger partial charge in [-0.05, 0) is 37.8 Å². The molecule has 11 heteroatoms. The lowest BCUT2D eigenvalue weighted by atomic mass is 10.0. The Bertz CT molecular complexity index is 1340. The standard InChI is InChI=1S/C25H27FN4O6/c1-12-21(24(32)29-17-9-30(25(33)34)10-18(17)31)23-22(28-12)14(5-6-27-23)15-7-20(35-2)16(26)8-19(15)36-11-13-3-4-13/h5-8,13,17-18,28,31H,3-4,9-11H2,1-2H3,(H,29,32)(H,33,34). The number of likely N-dealkylation sites (tertiary alicyclic amines) is 1. The van der Waals surface area contributed by atoms with E-state index in [1.807, 2.05) is 0 Å². The summed E-state index contributed by atoms with van der Waals surface area (Å²) in [6.07, 6.45) is 1.55. The number of aromatic nitrogens is 2. The number of hydrogen-bond acceptors (Lipinski definition) is 6. The summed E-state index contributed by atoms with van der Waals surface area (Å²) in [5.41, 5.74) is 3.02. The number of methoxy groups -OCH3 is 1. The van der Waals surface area contributed by atoms with Crippen molar-refractivity contribution in [2.45, 2.75) is 31.9 Å². The zero-order valence-corrected chi connectivity index (χ0v) is 19.9. The summed E-state index contributed by atoms with van der Waals surface area (Å²) in [4.78, 5) is 33.1. The van der Waals surface area contributed by atoms with Crippen LogP contribution < -0.4 is 14.8 Å². The average Bonchev–Trinajstić information content (AvgIpc) is 3.51. The van der Waals surface area contributed by atoms with Crippen LogP contribution in [0.5, 0.6) is 11.5 Å². The van der Waals surface area contributed by atoms with Crippen LogP contribution in [0, 0.1) is 18.7 Å². The molecule has 1 aliphatic carbocycles. The van der Waals surface area contributed by atoms with E-state index in [2.05, 4.69) is 15.3 Å². The largest absolute Gasteiger partial charge is 0.494 e. The molecule has 2 fully saturated rings. The predicted molar refractivity (Wildman–Crippen MR) is 128 cm³/mol. The minimum atomic E-state index is -1.16. The average molecular weight is 499 g/mol. The van der Waals surface area contributed by atoms with Crippen LogP contribution >= 0.6 is 0 Å². The Morgan fingerprint density at radius 2 is 2.03 bits per heavy atom. The van der Waals surface area contributed by atoms with Crippen LogP contribution in [0.15, 0.2) is 24.4 Å². The summed E-state index contributed by atoms with van der Waals surface area (Å²) in [7, 11) is 1.39. The third kappa shape index (κ3) is 4.41. The molecule has 1 aromatic carbocycles. The van der Waals surface area contributed by atoms with Crippen LogP contribution in [0.1, 0.15) is 28.9 Å². The Balaban J connectivity index is 1.51.